The highest BCUT2D eigenvalue weighted by molar-refractivity contribution is 7.92. The molecule has 0 aliphatic carbocycles. The molecule has 29 heavy (non-hydrogen) atoms. The van der Waals surface area contributed by atoms with Crippen molar-refractivity contribution >= 4 is 33.3 Å². The summed E-state index contributed by atoms with van der Waals surface area (Å²) < 4.78 is 24.6. The van der Waals surface area contributed by atoms with Crippen LogP contribution in [0.2, 0.25) is 5.02 Å². The lowest BCUT2D eigenvalue weighted by atomic mass is 10.0. The van der Waals surface area contributed by atoms with E-state index in [0.29, 0.717) is 36.5 Å². The molecule has 1 aliphatic heterocycles. The highest BCUT2D eigenvalue weighted by atomic mass is 35.5. The summed E-state index contributed by atoms with van der Waals surface area (Å²) in [6.07, 6.45) is 0.678. The molecule has 0 bridgehead atoms. The predicted molar refractivity (Wildman–Crippen MR) is 114 cm³/mol. The monoisotopic (exact) mass is 434 g/mol. The lowest BCUT2D eigenvalue weighted by Crippen LogP contribution is -2.44. The lowest BCUT2D eigenvalue weighted by molar-refractivity contribution is -0.118. The maximum atomic E-state index is 12.8. The molecule has 154 valence electrons. The molecule has 1 N–H and O–H groups in total. The van der Waals surface area contributed by atoms with E-state index in [2.05, 4.69) is 5.32 Å². The Kier molecular flexibility index (Phi) is 6.59. The first-order valence-electron chi connectivity index (χ1n) is 9.37. The van der Waals surface area contributed by atoms with Crippen LogP contribution in [0.1, 0.15) is 23.2 Å². The SMILES string of the molecule is CNC(=O)CS(=O)(=O)C1CCN(C(=O)c2ccc(-c3cccc(Cl)c3)cc2)CC1. The van der Waals surface area contributed by atoms with Gasteiger partial charge in [0.15, 0.2) is 9.84 Å². The van der Waals surface area contributed by atoms with Gasteiger partial charge in [-0.15, -0.1) is 0 Å². The maximum absolute atomic E-state index is 12.8. The van der Waals surface area contributed by atoms with Gasteiger partial charge >= 0.3 is 0 Å². The van der Waals surface area contributed by atoms with E-state index < -0.39 is 26.7 Å². The molecule has 1 saturated heterocycles. The Morgan fingerprint density at radius 2 is 1.72 bits per heavy atom. The van der Waals surface area contributed by atoms with E-state index in [1.165, 1.54) is 7.05 Å². The van der Waals surface area contributed by atoms with Crippen LogP contribution in [0.15, 0.2) is 48.5 Å². The quantitative estimate of drug-likeness (QED) is 0.784. The van der Waals surface area contributed by atoms with Gasteiger partial charge in [0.2, 0.25) is 5.91 Å². The van der Waals surface area contributed by atoms with Crippen LogP contribution in [0.25, 0.3) is 11.1 Å². The topological polar surface area (TPSA) is 83.6 Å². The second kappa shape index (κ2) is 8.97. The van der Waals surface area contributed by atoms with E-state index in [4.69, 9.17) is 11.6 Å². The van der Waals surface area contributed by atoms with Crippen molar-refractivity contribution in [2.24, 2.45) is 0 Å². The number of halogens is 1. The van der Waals surface area contributed by atoms with Crippen molar-refractivity contribution in [3.05, 3.63) is 59.1 Å². The maximum Gasteiger partial charge on any atom is 0.253 e. The van der Waals surface area contributed by atoms with Crippen molar-refractivity contribution < 1.29 is 18.0 Å². The normalized spacial score (nSPS) is 15.2. The molecule has 0 spiro atoms. The van der Waals surface area contributed by atoms with Gasteiger partial charge in [-0.05, 0) is 48.2 Å². The van der Waals surface area contributed by atoms with Crippen LogP contribution in [0.3, 0.4) is 0 Å². The largest absolute Gasteiger partial charge is 0.358 e. The number of hydrogen-bond donors (Lipinski definition) is 1. The van der Waals surface area contributed by atoms with E-state index >= 15 is 0 Å². The Morgan fingerprint density at radius 1 is 1.07 bits per heavy atom. The van der Waals surface area contributed by atoms with Crippen LogP contribution in [0.4, 0.5) is 0 Å². The van der Waals surface area contributed by atoms with Crippen LogP contribution in [-0.4, -0.2) is 56.3 Å². The third kappa shape index (κ3) is 5.16. The van der Waals surface area contributed by atoms with Crippen molar-refractivity contribution in [3.63, 3.8) is 0 Å². The molecule has 8 heteroatoms. The third-order valence-electron chi connectivity index (χ3n) is 5.14. The lowest BCUT2D eigenvalue weighted by Gasteiger charge is -2.31. The van der Waals surface area contributed by atoms with Crippen molar-refractivity contribution in [1.82, 2.24) is 10.2 Å². The summed E-state index contributed by atoms with van der Waals surface area (Å²) in [4.78, 5) is 25.9. The highest BCUT2D eigenvalue weighted by Crippen LogP contribution is 2.24. The smallest absolute Gasteiger partial charge is 0.253 e. The standard InChI is InChI=1S/C21H23ClN2O4S/c1-23-20(25)14-29(27,28)19-9-11-24(12-10-19)21(26)16-7-5-15(6-8-16)17-3-2-4-18(22)13-17/h2-8,13,19H,9-12,14H2,1H3,(H,23,25). The minimum absolute atomic E-state index is 0.121. The fraction of sp³-hybridized carbons (Fsp3) is 0.333. The van der Waals surface area contributed by atoms with Crippen molar-refractivity contribution in [2.45, 2.75) is 18.1 Å². The van der Waals surface area contributed by atoms with Crippen molar-refractivity contribution in [2.75, 3.05) is 25.9 Å². The first-order chi connectivity index (χ1) is 13.8. The van der Waals surface area contributed by atoms with Crippen LogP contribution in [-0.2, 0) is 14.6 Å². The third-order valence-corrected chi connectivity index (χ3v) is 7.52. The van der Waals surface area contributed by atoms with Crippen LogP contribution >= 0.6 is 11.6 Å². The zero-order chi connectivity index (χ0) is 21.0. The van der Waals surface area contributed by atoms with Crippen LogP contribution < -0.4 is 5.32 Å². The Morgan fingerprint density at radius 3 is 2.31 bits per heavy atom. The molecule has 0 saturated carbocycles. The molecule has 3 rings (SSSR count). The molecular weight excluding hydrogens is 412 g/mol. The molecule has 2 aromatic carbocycles. The number of rotatable bonds is 5. The minimum atomic E-state index is -3.51. The number of sulfone groups is 1. The number of carbonyl (C=O) groups is 2. The zero-order valence-electron chi connectivity index (χ0n) is 16.1. The summed E-state index contributed by atoms with van der Waals surface area (Å²) >= 11 is 6.03. The van der Waals surface area contributed by atoms with Gasteiger partial charge in [-0.25, -0.2) is 8.42 Å². The van der Waals surface area contributed by atoms with Gasteiger partial charge < -0.3 is 10.2 Å². The van der Waals surface area contributed by atoms with E-state index in [1.54, 1.807) is 23.1 Å². The van der Waals surface area contributed by atoms with Gasteiger partial charge in [0.1, 0.15) is 5.75 Å². The Labute approximate surface area is 175 Å². The van der Waals surface area contributed by atoms with Gasteiger partial charge in [-0.3, -0.25) is 9.59 Å². The summed E-state index contributed by atoms with van der Waals surface area (Å²) in [7, 11) is -2.10. The first-order valence-corrected chi connectivity index (χ1v) is 11.5. The first kappa shape index (κ1) is 21.3. The Balaban J connectivity index is 1.63. The molecule has 2 amide bonds. The number of likely N-dealkylation sites (tertiary alicyclic amines) is 1. The van der Waals surface area contributed by atoms with Crippen molar-refractivity contribution in [1.29, 1.82) is 0 Å². The summed E-state index contributed by atoms with van der Waals surface area (Å²) in [5.74, 6) is -1.14. The number of amides is 2. The molecule has 0 radical (unpaired) electrons. The summed E-state index contributed by atoms with van der Waals surface area (Å²) in [6, 6.07) is 14.8. The Bertz CT molecular complexity index is 998. The van der Waals surface area contributed by atoms with Gasteiger partial charge in [-0.1, -0.05) is 35.9 Å². The number of piperidine rings is 1. The summed E-state index contributed by atoms with van der Waals surface area (Å²) in [5.41, 5.74) is 2.49. The fourth-order valence-corrected chi connectivity index (χ4v) is 5.31. The fourth-order valence-electron chi connectivity index (χ4n) is 3.45. The van der Waals surface area contributed by atoms with Gasteiger partial charge in [0.05, 0.1) is 5.25 Å². The van der Waals surface area contributed by atoms with Gasteiger partial charge in [0.25, 0.3) is 5.91 Å². The molecule has 0 atom stereocenters. The number of benzene rings is 2. The highest BCUT2D eigenvalue weighted by Gasteiger charge is 2.33. The van der Waals surface area contributed by atoms with Crippen LogP contribution in [0, 0.1) is 0 Å². The zero-order valence-corrected chi connectivity index (χ0v) is 17.7. The summed E-state index contributed by atoms with van der Waals surface area (Å²) in [6.45, 7) is 0.707. The molecule has 6 nitrogen and oxygen atoms in total. The number of nitrogens with one attached hydrogen (secondary N) is 1. The van der Waals surface area contributed by atoms with Crippen LogP contribution in [0.5, 0.6) is 0 Å². The minimum Gasteiger partial charge on any atom is -0.358 e. The molecule has 1 aliphatic rings. The second-order valence-electron chi connectivity index (χ2n) is 7.06. The van der Waals surface area contributed by atoms with Gasteiger partial charge in [-0.2, -0.15) is 0 Å². The molecule has 2 aromatic rings. The number of carbonyl (C=O) groups excluding carboxylic acids is 2. The Hall–Kier alpha value is -2.38. The van der Waals surface area contributed by atoms with Crippen molar-refractivity contribution in [3.8, 4) is 11.1 Å². The predicted octanol–water partition coefficient (Wildman–Crippen LogP) is 2.77. The van der Waals surface area contributed by atoms with E-state index in [0.717, 1.165) is 11.1 Å². The molecular formula is C21H23ClN2O4S. The van der Waals surface area contributed by atoms with E-state index in [9.17, 15) is 18.0 Å². The number of hydrogen-bond acceptors (Lipinski definition) is 4. The molecule has 1 fully saturated rings. The second-order valence-corrected chi connectivity index (χ2v) is 9.78. The molecule has 0 unspecified atom stereocenters. The van der Waals surface area contributed by atoms with E-state index in [1.807, 2.05) is 30.3 Å². The molecule has 1 heterocycles. The van der Waals surface area contributed by atoms with E-state index in [-0.39, 0.29) is 5.91 Å². The average Bonchev–Trinajstić information content (AvgIpc) is 2.73. The average molecular weight is 435 g/mol. The summed E-state index contributed by atoms with van der Waals surface area (Å²) in [5, 5.41) is 2.40. The number of nitrogens with zero attached hydrogens (tertiary/aromatic N) is 1. The van der Waals surface area contributed by atoms with Gasteiger partial charge in [0, 0.05) is 30.7 Å². The molecule has 0 aromatic heterocycles.